The van der Waals surface area contributed by atoms with Gasteiger partial charge in [-0.15, -0.1) is 6.58 Å². The zero-order valence-electron chi connectivity index (χ0n) is 11.2. The predicted octanol–water partition coefficient (Wildman–Crippen LogP) is 2.98. The average Bonchev–Trinajstić information content (AvgIpc) is 2.66. The first-order valence-electron chi connectivity index (χ1n) is 5.96. The highest BCUT2D eigenvalue weighted by atomic mass is 127. The Morgan fingerprint density at radius 1 is 1.33 bits per heavy atom. The normalized spacial score (nSPS) is 16.3. The number of nitrogens with one attached hydrogen (secondary N) is 1. The Kier molecular flexibility index (Phi) is 5.25. The zero-order chi connectivity index (χ0) is 15.6. The molecular formula is C14H12I2N2O3. The van der Waals surface area contributed by atoms with Gasteiger partial charge in [-0.1, -0.05) is 6.08 Å². The van der Waals surface area contributed by atoms with Crippen molar-refractivity contribution in [1.29, 1.82) is 0 Å². The van der Waals surface area contributed by atoms with Crippen molar-refractivity contribution in [3.05, 3.63) is 43.2 Å². The van der Waals surface area contributed by atoms with E-state index >= 15 is 0 Å². The van der Waals surface area contributed by atoms with Crippen molar-refractivity contribution >= 4 is 63.2 Å². The van der Waals surface area contributed by atoms with Gasteiger partial charge in [0.05, 0.1) is 14.3 Å². The van der Waals surface area contributed by atoms with Crippen LogP contribution in [0.25, 0.3) is 6.08 Å². The first-order valence-corrected chi connectivity index (χ1v) is 8.12. The molecule has 0 aliphatic carbocycles. The quantitative estimate of drug-likeness (QED) is 0.294. The molecule has 1 aromatic rings. The number of urea groups is 1. The lowest BCUT2D eigenvalue weighted by molar-refractivity contribution is -0.122. The van der Waals surface area contributed by atoms with Gasteiger partial charge in [0.25, 0.3) is 5.91 Å². The van der Waals surface area contributed by atoms with Crippen molar-refractivity contribution in [2.45, 2.75) is 0 Å². The zero-order valence-corrected chi connectivity index (χ0v) is 15.5. The van der Waals surface area contributed by atoms with Gasteiger partial charge in [0.2, 0.25) is 0 Å². The molecule has 2 rings (SSSR count). The smallest absolute Gasteiger partial charge is 0.329 e. The van der Waals surface area contributed by atoms with Crippen molar-refractivity contribution in [3.8, 4) is 5.75 Å². The maximum Gasteiger partial charge on any atom is 0.329 e. The molecule has 0 saturated carbocycles. The molecule has 1 fully saturated rings. The number of nitrogens with zero attached hydrogens (tertiary/aromatic N) is 1. The molecule has 1 saturated heterocycles. The number of amides is 3. The molecule has 1 aliphatic heterocycles. The van der Waals surface area contributed by atoms with Crippen molar-refractivity contribution in [2.75, 3.05) is 13.7 Å². The summed E-state index contributed by atoms with van der Waals surface area (Å²) < 4.78 is 7.17. The van der Waals surface area contributed by atoms with Crippen LogP contribution in [0.3, 0.4) is 0 Å². The van der Waals surface area contributed by atoms with Gasteiger partial charge in [-0.05, 0) is 69.0 Å². The number of halogens is 2. The SMILES string of the molecule is C=CCN1C(=O)NC(=Cc2cc(I)c(OC)c(I)c2)C1=O. The molecule has 1 aromatic carbocycles. The summed E-state index contributed by atoms with van der Waals surface area (Å²) in [5.74, 6) is 0.453. The summed E-state index contributed by atoms with van der Waals surface area (Å²) in [6.07, 6.45) is 3.17. The fourth-order valence-electron chi connectivity index (χ4n) is 1.89. The van der Waals surface area contributed by atoms with E-state index in [2.05, 4.69) is 57.1 Å². The Morgan fingerprint density at radius 2 is 1.95 bits per heavy atom. The summed E-state index contributed by atoms with van der Waals surface area (Å²) >= 11 is 4.34. The minimum absolute atomic E-state index is 0.194. The van der Waals surface area contributed by atoms with E-state index in [1.807, 2.05) is 12.1 Å². The molecular weight excluding hydrogens is 498 g/mol. The van der Waals surface area contributed by atoms with Gasteiger partial charge >= 0.3 is 6.03 Å². The fraction of sp³-hybridized carbons (Fsp3) is 0.143. The Labute approximate surface area is 149 Å². The van der Waals surface area contributed by atoms with E-state index < -0.39 is 6.03 Å². The third kappa shape index (κ3) is 3.39. The third-order valence-corrected chi connectivity index (χ3v) is 4.41. The number of benzene rings is 1. The van der Waals surface area contributed by atoms with Crippen LogP contribution in [0, 0.1) is 7.14 Å². The number of ether oxygens (including phenoxy) is 1. The van der Waals surface area contributed by atoms with Gasteiger partial charge in [-0.3, -0.25) is 9.69 Å². The van der Waals surface area contributed by atoms with Crippen LogP contribution in [0.1, 0.15) is 5.56 Å². The number of carbonyl (C=O) groups excluding carboxylic acids is 2. The van der Waals surface area contributed by atoms with Gasteiger partial charge in [0, 0.05) is 6.54 Å². The van der Waals surface area contributed by atoms with Crippen LogP contribution < -0.4 is 10.1 Å². The van der Waals surface area contributed by atoms with Gasteiger partial charge in [0.15, 0.2) is 0 Å². The first kappa shape index (κ1) is 16.3. The molecule has 7 heteroatoms. The van der Waals surface area contributed by atoms with Crippen molar-refractivity contribution in [1.82, 2.24) is 10.2 Å². The number of rotatable bonds is 4. The Morgan fingerprint density at radius 3 is 2.48 bits per heavy atom. The molecule has 0 radical (unpaired) electrons. The summed E-state index contributed by atoms with van der Waals surface area (Å²) in [6, 6.07) is 3.36. The van der Waals surface area contributed by atoms with E-state index in [0.717, 1.165) is 23.4 Å². The molecule has 0 unspecified atom stereocenters. The van der Waals surface area contributed by atoms with Gasteiger partial charge in [-0.25, -0.2) is 4.79 Å². The highest BCUT2D eigenvalue weighted by Gasteiger charge is 2.32. The van der Waals surface area contributed by atoms with Crippen LogP contribution >= 0.6 is 45.2 Å². The topological polar surface area (TPSA) is 58.6 Å². The average molecular weight is 510 g/mol. The van der Waals surface area contributed by atoms with Crippen molar-refractivity contribution < 1.29 is 14.3 Å². The standard InChI is InChI=1S/C14H12I2N2O3/c1-3-4-18-13(19)11(17-14(18)20)7-8-5-9(15)12(21-2)10(16)6-8/h3,5-7H,1,4H2,2H3,(H,17,20). The van der Waals surface area contributed by atoms with E-state index in [1.165, 1.54) is 6.08 Å². The minimum atomic E-state index is -0.427. The second kappa shape index (κ2) is 6.77. The van der Waals surface area contributed by atoms with Crippen molar-refractivity contribution in [2.24, 2.45) is 0 Å². The number of hydrogen-bond acceptors (Lipinski definition) is 3. The van der Waals surface area contributed by atoms with Crippen LogP contribution in [-0.2, 0) is 4.79 Å². The lowest BCUT2D eigenvalue weighted by Gasteiger charge is -2.08. The predicted molar refractivity (Wildman–Crippen MR) is 96.8 cm³/mol. The molecule has 1 heterocycles. The molecule has 0 spiro atoms. The van der Waals surface area contributed by atoms with Crippen LogP contribution in [0.5, 0.6) is 5.75 Å². The van der Waals surface area contributed by atoms with Crippen LogP contribution in [0.15, 0.2) is 30.5 Å². The van der Waals surface area contributed by atoms with E-state index in [-0.39, 0.29) is 18.1 Å². The third-order valence-electron chi connectivity index (χ3n) is 2.81. The summed E-state index contributed by atoms with van der Waals surface area (Å²) in [5, 5.41) is 2.57. The molecule has 3 amide bonds. The van der Waals surface area contributed by atoms with Crippen LogP contribution in [-0.4, -0.2) is 30.5 Å². The highest BCUT2D eigenvalue weighted by Crippen LogP contribution is 2.29. The lowest BCUT2D eigenvalue weighted by atomic mass is 10.2. The molecule has 110 valence electrons. The van der Waals surface area contributed by atoms with Crippen molar-refractivity contribution in [3.63, 3.8) is 0 Å². The molecule has 1 aliphatic rings. The Balaban J connectivity index is 2.35. The Bertz CT molecular complexity index is 633. The number of methoxy groups -OCH3 is 1. The van der Waals surface area contributed by atoms with Gasteiger partial charge in [-0.2, -0.15) is 0 Å². The maximum atomic E-state index is 12.1. The second-order valence-electron chi connectivity index (χ2n) is 4.21. The molecule has 0 bridgehead atoms. The molecule has 5 nitrogen and oxygen atoms in total. The van der Waals surface area contributed by atoms with Gasteiger partial charge < -0.3 is 10.1 Å². The maximum absolute atomic E-state index is 12.1. The van der Waals surface area contributed by atoms with E-state index in [4.69, 9.17) is 4.74 Å². The monoisotopic (exact) mass is 510 g/mol. The largest absolute Gasteiger partial charge is 0.495 e. The van der Waals surface area contributed by atoms with E-state index in [9.17, 15) is 9.59 Å². The van der Waals surface area contributed by atoms with Crippen LogP contribution in [0.2, 0.25) is 0 Å². The van der Waals surface area contributed by atoms with E-state index in [0.29, 0.717) is 0 Å². The van der Waals surface area contributed by atoms with E-state index in [1.54, 1.807) is 13.2 Å². The first-order chi connectivity index (χ1) is 9.97. The molecule has 0 aromatic heterocycles. The highest BCUT2D eigenvalue weighted by molar-refractivity contribution is 14.1. The lowest BCUT2D eigenvalue weighted by Crippen LogP contribution is -2.30. The fourth-order valence-corrected chi connectivity index (χ4v) is 4.15. The molecule has 21 heavy (non-hydrogen) atoms. The summed E-state index contributed by atoms with van der Waals surface area (Å²) in [4.78, 5) is 24.9. The molecule has 0 atom stereocenters. The second-order valence-corrected chi connectivity index (χ2v) is 6.53. The summed E-state index contributed by atoms with van der Waals surface area (Å²) in [5.41, 5.74) is 1.09. The minimum Gasteiger partial charge on any atom is -0.495 e. The summed E-state index contributed by atoms with van der Waals surface area (Å²) in [7, 11) is 1.62. The number of hydrogen-bond donors (Lipinski definition) is 1. The number of carbonyl (C=O) groups is 2. The number of imide groups is 1. The molecule has 1 N–H and O–H groups in total. The van der Waals surface area contributed by atoms with Crippen LogP contribution in [0.4, 0.5) is 4.79 Å². The summed E-state index contributed by atoms with van der Waals surface area (Å²) in [6.45, 7) is 3.73. The van der Waals surface area contributed by atoms with Gasteiger partial charge in [0.1, 0.15) is 11.4 Å². The Hall–Kier alpha value is -1.10.